The average Bonchev–Trinajstić information content (AvgIpc) is 2.13. The molecular formula is C10H12BrNO2. The van der Waals surface area contributed by atoms with Gasteiger partial charge in [0.1, 0.15) is 0 Å². The Balaban J connectivity index is 2.76. The van der Waals surface area contributed by atoms with Gasteiger partial charge in [0.05, 0.1) is 12.3 Å². The Kier molecular flexibility index (Phi) is 3.95. The first-order chi connectivity index (χ1) is 6.65. The third-order valence-corrected chi connectivity index (χ3v) is 2.76. The van der Waals surface area contributed by atoms with E-state index < -0.39 is 6.09 Å². The van der Waals surface area contributed by atoms with Crippen molar-refractivity contribution < 1.29 is 9.53 Å². The normalized spacial score (nSPS) is 9.64. The standard InChI is InChI=1S/C10H12BrNO2/c1-3-14-10(13)12-8-6-4-5-7(2)9(8)11/h4-6H,3H2,1-2H3,(H,12,13). The van der Waals surface area contributed by atoms with Gasteiger partial charge in [-0.15, -0.1) is 0 Å². The minimum atomic E-state index is -0.432. The van der Waals surface area contributed by atoms with Gasteiger partial charge in [0.2, 0.25) is 0 Å². The van der Waals surface area contributed by atoms with E-state index in [9.17, 15) is 4.79 Å². The van der Waals surface area contributed by atoms with E-state index >= 15 is 0 Å². The summed E-state index contributed by atoms with van der Waals surface area (Å²) in [5, 5.41) is 2.64. The van der Waals surface area contributed by atoms with E-state index in [2.05, 4.69) is 21.2 Å². The lowest BCUT2D eigenvalue weighted by molar-refractivity contribution is 0.168. The second-order valence-corrected chi connectivity index (χ2v) is 3.57. The smallest absolute Gasteiger partial charge is 0.411 e. The van der Waals surface area contributed by atoms with Gasteiger partial charge in [-0.1, -0.05) is 12.1 Å². The van der Waals surface area contributed by atoms with E-state index in [1.54, 1.807) is 6.92 Å². The minimum Gasteiger partial charge on any atom is -0.450 e. The molecule has 1 aromatic carbocycles. The van der Waals surface area contributed by atoms with Crippen LogP contribution in [0.3, 0.4) is 0 Å². The van der Waals surface area contributed by atoms with Crippen molar-refractivity contribution >= 4 is 27.7 Å². The fourth-order valence-corrected chi connectivity index (χ4v) is 1.38. The highest BCUT2D eigenvalue weighted by molar-refractivity contribution is 9.10. The topological polar surface area (TPSA) is 38.3 Å². The Bertz CT molecular complexity index is 339. The van der Waals surface area contributed by atoms with Gasteiger partial charge >= 0.3 is 6.09 Å². The summed E-state index contributed by atoms with van der Waals surface area (Å²) in [4.78, 5) is 11.1. The first-order valence-electron chi connectivity index (χ1n) is 4.34. The van der Waals surface area contributed by atoms with Crippen LogP contribution in [0.25, 0.3) is 0 Å². The van der Waals surface area contributed by atoms with Crippen molar-refractivity contribution in [3.63, 3.8) is 0 Å². The zero-order valence-electron chi connectivity index (χ0n) is 8.13. The fraction of sp³-hybridized carbons (Fsp3) is 0.300. The number of anilines is 1. The molecule has 1 amide bonds. The van der Waals surface area contributed by atoms with Crippen LogP contribution in [0.2, 0.25) is 0 Å². The first-order valence-corrected chi connectivity index (χ1v) is 5.13. The van der Waals surface area contributed by atoms with E-state index in [0.29, 0.717) is 6.61 Å². The SMILES string of the molecule is CCOC(=O)Nc1cccc(C)c1Br. The quantitative estimate of drug-likeness (QED) is 0.883. The third kappa shape index (κ3) is 2.73. The number of amides is 1. The molecule has 76 valence electrons. The molecule has 4 heteroatoms. The molecule has 0 aromatic heterocycles. The number of ether oxygens (including phenoxy) is 1. The highest BCUT2D eigenvalue weighted by atomic mass is 79.9. The summed E-state index contributed by atoms with van der Waals surface area (Å²) in [5.41, 5.74) is 1.79. The molecule has 0 unspecified atom stereocenters. The van der Waals surface area contributed by atoms with Crippen LogP contribution < -0.4 is 5.32 Å². The summed E-state index contributed by atoms with van der Waals surface area (Å²) >= 11 is 3.39. The number of benzene rings is 1. The predicted molar refractivity (Wildman–Crippen MR) is 59.5 cm³/mol. The molecule has 0 aliphatic heterocycles. The Morgan fingerprint density at radius 1 is 1.57 bits per heavy atom. The molecule has 1 rings (SSSR count). The maximum Gasteiger partial charge on any atom is 0.411 e. The maximum absolute atomic E-state index is 11.1. The van der Waals surface area contributed by atoms with Gasteiger partial charge in [-0.05, 0) is 41.4 Å². The summed E-state index contributed by atoms with van der Waals surface area (Å²) in [6.45, 7) is 4.10. The Labute approximate surface area is 91.6 Å². The molecule has 0 bridgehead atoms. The molecule has 1 aromatic rings. The van der Waals surface area contributed by atoms with Crippen molar-refractivity contribution in [3.8, 4) is 0 Å². The van der Waals surface area contributed by atoms with Crippen molar-refractivity contribution in [2.75, 3.05) is 11.9 Å². The number of halogens is 1. The second-order valence-electron chi connectivity index (χ2n) is 2.78. The van der Waals surface area contributed by atoms with E-state index in [1.165, 1.54) is 0 Å². The number of hydrogen-bond acceptors (Lipinski definition) is 2. The van der Waals surface area contributed by atoms with E-state index in [4.69, 9.17) is 4.74 Å². The fourth-order valence-electron chi connectivity index (χ4n) is 1.02. The number of carbonyl (C=O) groups excluding carboxylic acids is 1. The molecule has 14 heavy (non-hydrogen) atoms. The van der Waals surface area contributed by atoms with Crippen LogP contribution in [-0.2, 0) is 4.74 Å². The van der Waals surface area contributed by atoms with Crippen molar-refractivity contribution in [3.05, 3.63) is 28.2 Å². The van der Waals surface area contributed by atoms with Gasteiger partial charge in [0.25, 0.3) is 0 Å². The Morgan fingerprint density at radius 2 is 2.29 bits per heavy atom. The van der Waals surface area contributed by atoms with Crippen molar-refractivity contribution in [1.82, 2.24) is 0 Å². The van der Waals surface area contributed by atoms with Crippen LogP contribution in [0, 0.1) is 6.92 Å². The van der Waals surface area contributed by atoms with Gasteiger partial charge in [-0.3, -0.25) is 5.32 Å². The molecular weight excluding hydrogens is 246 g/mol. The zero-order valence-corrected chi connectivity index (χ0v) is 9.72. The predicted octanol–water partition coefficient (Wildman–Crippen LogP) is 3.33. The van der Waals surface area contributed by atoms with Crippen LogP contribution in [0.1, 0.15) is 12.5 Å². The number of nitrogens with one attached hydrogen (secondary N) is 1. The monoisotopic (exact) mass is 257 g/mol. The van der Waals surface area contributed by atoms with Gasteiger partial charge in [-0.2, -0.15) is 0 Å². The van der Waals surface area contributed by atoms with E-state index in [1.807, 2.05) is 25.1 Å². The largest absolute Gasteiger partial charge is 0.450 e. The zero-order chi connectivity index (χ0) is 10.6. The molecule has 0 atom stereocenters. The molecule has 0 saturated carbocycles. The van der Waals surface area contributed by atoms with Crippen molar-refractivity contribution in [1.29, 1.82) is 0 Å². The molecule has 1 N–H and O–H groups in total. The number of rotatable bonds is 2. The van der Waals surface area contributed by atoms with E-state index in [-0.39, 0.29) is 0 Å². The molecule has 3 nitrogen and oxygen atoms in total. The minimum absolute atomic E-state index is 0.370. The van der Waals surface area contributed by atoms with Crippen molar-refractivity contribution in [2.24, 2.45) is 0 Å². The highest BCUT2D eigenvalue weighted by Crippen LogP contribution is 2.25. The molecule has 0 aliphatic rings. The van der Waals surface area contributed by atoms with Crippen molar-refractivity contribution in [2.45, 2.75) is 13.8 Å². The number of hydrogen-bond donors (Lipinski definition) is 1. The van der Waals surface area contributed by atoms with Crippen LogP contribution in [0.15, 0.2) is 22.7 Å². The molecule has 0 radical (unpaired) electrons. The van der Waals surface area contributed by atoms with Crippen LogP contribution in [0.5, 0.6) is 0 Å². The summed E-state index contributed by atoms with van der Waals surface area (Å²) in [6.07, 6.45) is -0.432. The summed E-state index contributed by atoms with van der Waals surface area (Å²) in [7, 11) is 0. The summed E-state index contributed by atoms with van der Waals surface area (Å²) < 4.78 is 5.65. The van der Waals surface area contributed by atoms with Crippen LogP contribution in [0.4, 0.5) is 10.5 Å². The lowest BCUT2D eigenvalue weighted by Crippen LogP contribution is -2.13. The third-order valence-electron chi connectivity index (χ3n) is 1.70. The maximum atomic E-state index is 11.1. The molecule has 0 heterocycles. The molecule has 0 fully saturated rings. The van der Waals surface area contributed by atoms with Crippen LogP contribution >= 0.6 is 15.9 Å². The summed E-state index contributed by atoms with van der Waals surface area (Å²) in [5.74, 6) is 0. The lowest BCUT2D eigenvalue weighted by atomic mass is 10.2. The van der Waals surface area contributed by atoms with Gasteiger partial charge in [0, 0.05) is 4.47 Å². The second kappa shape index (κ2) is 5.00. The van der Waals surface area contributed by atoms with Crippen LogP contribution in [-0.4, -0.2) is 12.7 Å². The Morgan fingerprint density at radius 3 is 2.93 bits per heavy atom. The van der Waals surface area contributed by atoms with Gasteiger partial charge < -0.3 is 4.74 Å². The average molecular weight is 258 g/mol. The highest BCUT2D eigenvalue weighted by Gasteiger charge is 2.06. The van der Waals surface area contributed by atoms with Gasteiger partial charge in [0.15, 0.2) is 0 Å². The Hall–Kier alpha value is -1.03. The molecule has 0 spiro atoms. The summed E-state index contributed by atoms with van der Waals surface area (Å²) in [6, 6.07) is 5.65. The van der Waals surface area contributed by atoms with Gasteiger partial charge in [-0.25, -0.2) is 4.79 Å². The lowest BCUT2D eigenvalue weighted by Gasteiger charge is -2.08. The number of carbonyl (C=O) groups is 1. The number of aryl methyl sites for hydroxylation is 1. The van der Waals surface area contributed by atoms with E-state index in [0.717, 1.165) is 15.7 Å². The first kappa shape index (κ1) is 11.0. The molecule has 0 saturated heterocycles. The molecule has 0 aliphatic carbocycles.